The molecular formula is C17H19FN2OS. The van der Waals surface area contributed by atoms with Crippen molar-refractivity contribution in [2.45, 2.75) is 25.4 Å². The first kappa shape index (κ1) is 15.2. The van der Waals surface area contributed by atoms with E-state index < -0.39 is 0 Å². The van der Waals surface area contributed by atoms with Crippen LogP contribution in [0.4, 0.5) is 4.39 Å². The number of nitrogens with zero attached hydrogens (tertiary/aromatic N) is 1. The molecule has 1 aliphatic rings. The van der Waals surface area contributed by atoms with Gasteiger partial charge >= 0.3 is 0 Å². The van der Waals surface area contributed by atoms with Crippen molar-refractivity contribution in [1.82, 2.24) is 10.2 Å². The van der Waals surface area contributed by atoms with Gasteiger partial charge in [-0.2, -0.15) is 0 Å². The Hall–Kier alpha value is -1.72. The molecule has 1 atom stereocenters. The molecule has 1 aromatic carbocycles. The van der Waals surface area contributed by atoms with Gasteiger partial charge < -0.3 is 5.32 Å². The smallest absolute Gasteiger partial charge is 0.234 e. The second kappa shape index (κ2) is 7.03. The van der Waals surface area contributed by atoms with Gasteiger partial charge in [-0.3, -0.25) is 9.69 Å². The highest BCUT2D eigenvalue weighted by molar-refractivity contribution is 7.09. The number of hydrogen-bond donors (Lipinski definition) is 1. The van der Waals surface area contributed by atoms with E-state index in [1.165, 1.54) is 12.1 Å². The highest BCUT2D eigenvalue weighted by Crippen LogP contribution is 2.31. The van der Waals surface area contributed by atoms with Crippen LogP contribution >= 0.6 is 11.3 Å². The summed E-state index contributed by atoms with van der Waals surface area (Å²) in [5.41, 5.74) is 1.09. The maximum Gasteiger partial charge on any atom is 0.234 e. The van der Waals surface area contributed by atoms with Crippen LogP contribution in [0.2, 0.25) is 0 Å². The summed E-state index contributed by atoms with van der Waals surface area (Å²) >= 11 is 1.64. The predicted molar refractivity (Wildman–Crippen MR) is 86.1 cm³/mol. The molecule has 0 radical (unpaired) electrons. The number of thiophene rings is 1. The van der Waals surface area contributed by atoms with Gasteiger partial charge in [0.1, 0.15) is 5.82 Å². The third kappa shape index (κ3) is 3.72. The number of halogens is 1. The number of hydrogen-bond acceptors (Lipinski definition) is 3. The highest BCUT2D eigenvalue weighted by Gasteiger charge is 2.27. The Balaban J connectivity index is 1.56. The van der Waals surface area contributed by atoms with Crippen molar-refractivity contribution in [2.75, 3.05) is 13.1 Å². The largest absolute Gasteiger partial charge is 0.350 e. The molecule has 1 unspecified atom stereocenters. The minimum atomic E-state index is -0.220. The monoisotopic (exact) mass is 318 g/mol. The molecule has 2 heterocycles. The SMILES string of the molecule is O=C(CN1CCCC1c1ccc(F)cc1)NCc1cccs1. The van der Waals surface area contributed by atoms with E-state index in [-0.39, 0.29) is 17.8 Å². The molecule has 3 rings (SSSR count). The number of benzene rings is 1. The molecule has 2 aromatic rings. The molecule has 0 bridgehead atoms. The second-order valence-electron chi connectivity index (χ2n) is 5.54. The maximum absolute atomic E-state index is 13.0. The average molecular weight is 318 g/mol. The van der Waals surface area contributed by atoms with Gasteiger partial charge in [-0.05, 0) is 48.5 Å². The molecule has 1 fully saturated rings. The van der Waals surface area contributed by atoms with Crippen LogP contribution in [0.3, 0.4) is 0 Å². The van der Waals surface area contributed by atoms with Crippen molar-refractivity contribution in [3.8, 4) is 0 Å². The van der Waals surface area contributed by atoms with Crippen LogP contribution in [0.1, 0.15) is 29.3 Å². The first-order chi connectivity index (χ1) is 10.7. The Morgan fingerprint density at radius 3 is 2.86 bits per heavy atom. The predicted octanol–water partition coefficient (Wildman–Crippen LogP) is 3.34. The topological polar surface area (TPSA) is 32.3 Å². The van der Waals surface area contributed by atoms with Crippen LogP contribution in [0.25, 0.3) is 0 Å². The second-order valence-corrected chi connectivity index (χ2v) is 6.57. The van der Waals surface area contributed by atoms with Gasteiger partial charge in [-0.15, -0.1) is 11.3 Å². The number of likely N-dealkylation sites (tertiary alicyclic amines) is 1. The van der Waals surface area contributed by atoms with E-state index >= 15 is 0 Å². The van der Waals surface area contributed by atoms with Crippen molar-refractivity contribution >= 4 is 17.2 Å². The third-order valence-electron chi connectivity index (χ3n) is 4.01. The van der Waals surface area contributed by atoms with E-state index in [1.54, 1.807) is 11.3 Å². The summed E-state index contributed by atoms with van der Waals surface area (Å²) in [5, 5.41) is 4.97. The Morgan fingerprint density at radius 2 is 2.14 bits per heavy atom. The van der Waals surface area contributed by atoms with Crippen LogP contribution in [-0.2, 0) is 11.3 Å². The number of carbonyl (C=O) groups excluding carboxylic acids is 1. The number of carbonyl (C=O) groups is 1. The normalized spacial score (nSPS) is 18.5. The fourth-order valence-electron chi connectivity index (χ4n) is 2.92. The van der Waals surface area contributed by atoms with Crippen LogP contribution < -0.4 is 5.32 Å². The maximum atomic E-state index is 13.0. The van der Waals surface area contributed by atoms with Gasteiger partial charge in [0.15, 0.2) is 0 Å². The third-order valence-corrected chi connectivity index (χ3v) is 4.88. The summed E-state index contributed by atoms with van der Waals surface area (Å²) < 4.78 is 13.0. The number of amides is 1. The van der Waals surface area contributed by atoms with Gasteiger partial charge in [-0.25, -0.2) is 4.39 Å². The minimum absolute atomic E-state index is 0.0439. The van der Waals surface area contributed by atoms with E-state index in [1.807, 2.05) is 29.6 Å². The first-order valence-electron chi connectivity index (χ1n) is 7.51. The van der Waals surface area contributed by atoms with E-state index in [0.717, 1.165) is 29.8 Å². The van der Waals surface area contributed by atoms with Crippen molar-refractivity contribution in [3.05, 3.63) is 58.0 Å². The zero-order chi connectivity index (χ0) is 15.4. The van der Waals surface area contributed by atoms with Crippen molar-refractivity contribution in [1.29, 1.82) is 0 Å². The molecule has 1 aliphatic heterocycles. The van der Waals surface area contributed by atoms with Gasteiger partial charge in [0.2, 0.25) is 5.91 Å². The zero-order valence-corrected chi connectivity index (χ0v) is 13.1. The van der Waals surface area contributed by atoms with Crippen molar-refractivity contribution in [3.63, 3.8) is 0 Å². The average Bonchev–Trinajstić information content (AvgIpc) is 3.17. The minimum Gasteiger partial charge on any atom is -0.350 e. The van der Waals surface area contributed by atoms with E-state index in [9.17, 15) is 9.18 Å². The quantitative estimate of drug-likeness (QED) is 0.917. The fraction of sp³-hybridized carbons (Fsp3) is 0.353. The Kier molecular flexibility index (Phi) is 4.85. The molecule has 0 spiro atoms. The molecule has 5 heteroatoms. The first-order valence-corrected chi connectivity index (χ1v) is 8.39. The molecule has 0 aliphatic carbocycles. The lowest BCUT2D eigenvalue weighted by atomic mass is 10.0. The van der Waals surface area contributed by atoms with Crippen molar-refractivity contribution < 1.29 is 9.18 Å². The highest BCUT2D eigenvalue weighted by atomic mass is 32.1. The summed E-state index contributed by atoms with van der Waals surface area (Å²) in [6, 6.07) is 10.8. The van der Waals surface area contributed by atoms with E-state index in [2.05, 4.69) is 10.2 Å². The molecule has 22 heavy (non-hydrogen) atoms. The molecule has 116 valence electrons. The summed E-state index contributed by atoms with van der Waals surface area (Å²) in [6.45, 7) is 1.90. The van der Waals surface area contributed by atoms with Crippen LogP contribution in [0.15, 0.2) is 41.8 Å². The molecule has 0 saturated carbocycles. The molecule has 1 amide bonds. The molecular weight excluding hydrogens is 299 g/mol. The summed E-state index contributed by atoms with van der Waals surface area (Å²) in [4.78, 5) is 15.5. The molecule has 1 aromatic heterocycles. The molecule has 1 saturated heterocycles. The van der Waals surface area contributed by atoms with E-state index in [4.69, 9.17) is 0 Å². The van der Waals surface area contributed by atoms with E-state index in [0.29, 0.717) is 13.1 Å². The lowest BCUT2D eigenvalue weighted by Gasteiger charge is -2.24. The van der Waals surface area contributed by atoms with Gasteiger partial charge in [0.25, 0.3) is 0 Å². The Bertz CT molecular complexity index is 612. The lowest BCUT2D eigenvalue weighted by molar-refractivity contribution is -0.122. The molecule has 3 nitrogen and oxygen atoms in total. The van der Waals surface area contributed by atoms with Gasteiger partial charge in [-0.1, -0.05) is 18.2 Å². The Labute approximate surface area is 133 Å². The summed E-state index contributed by atoms with van der Waals surface area (Å²) in [5.74, 6) is -0.176. The van der Waals surface area contributed by atoms with Gasteiger partial charge in [0.05, 0.1) is 13.1 Å². The molecule has 1 N–H and O–H groups in total. The van der Waals surface area contributed by atoms with Gasteiger partial charge in [0, 0.05) is 10.9 Å². The fourth-order valence-corrected chi connectivity index (χ4v) is 3.56. The summed E-state index contributed by atoms with van der Waals surface area (Å²) in [6.07, 6.45) is 2.09. The number of rotatable bonds is 5. The van der Waals surface area contributed by atoms with Crippen LogP contribution in [-0.4, -0.2) is 23.9 Å². The number of nitrogens with one attached hydrogen (secondary N) is 1. The summed E-state index contributed by atoms with van der Waals surface area (Å²) in [7, 11) is 0. The van der Waals surface area contributed by atoms with Crippen molar-refractivity contribution in [2.24, 2.45) is 0 Å². The van der Waals surface area contributed by atoms with Crippen LogP contribution in [0, 0.1) is 5.82 Å². The zero-order valence-electron chi connectivity index (χ0n) is 12.3. The standard InChI is InChI=1S/C17H19FN2OS/c18-14-7-5-13(6-8-14)16-4-1-9-20(16)12-17(21)19-11-15-3-2-10-22-15/h2-3,5-8,10,16H,1,4,9,11-12H2,(H,19,21). The van der Waals surface area contributed by atoms with Crippen LogP contribution in [0.5, 0.6) is 0 Å². The lowest BCUT2D eigenvalue weighted by Crippen LogP contribution is -2.36. The Morgan fingerprint density at radius 1 is 1.32 bits per heavy atom.